The van der Waals surface area contributed by atoms with Gasteiger partial charge in [-0.3, -0.25) is 15.2 Å². The van der Waals surface area contributed by atoms with Gasteiger partial charge in [-0.15, -0.1) is 0 Å². The summed E-state index contributed by atoms with van der Waals surface area (Å²) in [5, 5.41) is 27.0. The van der Waals surface area contributed by atoms with Gasteiger partial charge in [-0.2, -0.15) is 4.39 Å². The van der Waals surface area contributed by atoms with E-state index in [4.69, 9.17) is 25.4 Å². The molecule has 0 amide bonds. The lowest BCUT2D eigenvalue weighted by molar-refractivity contribution is -0.143. The number of nitrogen functional groups attached to an aromatic ring is 1. The molecule has 2 aliphatic rings. The molecule has 13 heteroatoms. The third-order valence-corrected chi connectivity index (χ3v) is 7.17. The van der Waals surface area contributed by atoms with Crippen LogP contribution in [-0.4, -0.2) is 64.0 Å². The molecule has 0 unspecified atom stereocenters. The average Bonchev–Trinajstić information content (AvgIpc) is 3.39. The highest BCUT2D eigenvalue weighted by Gasteiger charge is 2.28. The predicted octanol–water partition coefficient (Wildman–Crippen LogP) is 4.65. The predicted molar refractivity (Wildman–Crippen MR) is 148 cm³/mol. The van der Waals surface area contributed by atoms with E-state index in [0.717, 1.165) is 6.20 Å². The number of ether oxygens (including phenoxy) is 3. The molecule has 1 saturated carbocycles. The lowest BCUT2D eigenvalue weighted by Crippen LogP contribution is -2.28. The Bertz CT molecular complexity index is 1560. The monoisotopic (exact) mass is 581 g/mol. The Morgan fingerprint density at radius 3 is 2.52 bits per heavy atom. The number of phenolic OH excluding ortho intramolecular Hbond substituents is 1. The van der Waals surface area contributed by atoms with Crippen molar-refractivity contribution < 1.29 is 38.0 Å². The average molecular weight is 582 g/mol. The van der Waals surface area contributed by atoms with Gasteiger partial charge in [0, 0.05) is 19.2 Å². The molecule has 0 atom stereocenters. The van der Waals surface area contributed by atoms with Crippen molar-refractivity contribution in [3.05, 3.63) is 65.4 Å². The second kappa shape index (κ2) is 11.9. The van der Waals surface area contributed by atoms with Gasteiger partial charge in [0.2, 0.25) is 11.6 Å². The molecular formula is C29H29F2N5O6. The first-order valence-corrected chi connectivity index (χ1v) is 13.3. The summed E-state index contributed by atoms with van der Waals surface area (Å²) in [6.45, 7) is 1.16. The number of hydrogen-bond donors (Lipinski definition) is 4. The minimum Gasteiger partial charge on any atom is -0.504 e. The summed E-state index contributed by atoms with van der Waals surface area (Å²) in [6.07, 6.45) is 2.77. The van der Waals surface area contributed by atoms with Crippen molar-refractivity contribution in [2.24, 2.45) is 16.6 Å². The topological polar surface area (TPSA) is 164 Å². The van der Waals surface area contributed by atoms with Crippen molar-refractivity contribution in [1.82, 2.24) is 9.88 Å². The van der Waals surface area contributed by atoms with E-state index in [9.17, 15) is 19.4 Å². The first-order valence-electron chi connectivity index (χ1n) is 13.3. The molecule has 0 saturated heterocycles. The van der Waals surface area contributed by atoms with E-state index < -0.39 is 29.2 Å². The summed E-state index contributed by atoms with van der Waals surface area (Å²) in [5.41, 5.74) is 6.14. The first kappa shape index (κ1) is 28.6. The molecule has 0 spiro atoms. The number of phenols is 1. The Morgan fingerprint density at radius 1 is 1.10 bits per heavy atom. The molecule has 0 bridgehead atoms. The third kappa shape index (κ3) is 6.04. The maximum atomic E-state index is 15.5. The van der Waals surface area contributed by atoms with Gasteiger partial charge in [0.25, 0.3) is 5.88 Å². The second-order valence-electron chi connectivity index (χ2n) is 10.1. The van der Waals surface area contributed by atoms with Gasteiger partial charge in [0.1, 0.15) is 23.2 Å². The summed E-state index contributed by atoms with van der Waals surface area (Å²) in [5.74, 6) is -4.77. The van der Waals surface area contributed by atoms with Gasteiger partial charge in [-0.25, -0.2) is 9.37 Å². The number of carboxylic acid groups (broad SMARTS) is 1. The zero-order valence-corrected chi connectivity index (χ0v) is 22.6. The Kier molecular flexibility index (Phi) is 8.09. The number of pyridine rings is 1. The fraction of sp³-hybridized carbons (Fsp3) is 0.310. The summed E-state index contributed by atoms with van der Waals surface area (Å²) in [7, 11) is 1.83. The van der Waals surface area contributed by atoms with Crippen molar-refractivity contribution >= 4 is 17.6 Å². The number of benzene rings is 2. The number of nitrogens with one attached hydrogen (secondary N) is 1. The number of aromatic hydroxyl groups is 1. The minimum atomic E-state index is -1.26. The van der Waals surface area contributed by atoms with Crippen LogP contribution in [0.4, 0.5) is 8.78 Å². The first-order chi connectivity index (χ1) is 20.1. The lowest BCUT2D eigenvalue weighted by atomic mass is 9.87. The number of amidine groups is 2. The van der Waals surface area contributed by atoms with Crippen molar-refractivity contribution in [2.45, 2.75) is 31.8 Å². The van der Waals surface area contributed by atoms with Crippen LogP contribution in [0.1, 0.15) is 36.8 Å². The van der Waals surface area contributed by atoms with Crippen LogP contribution in [0, 0.1) is 23.0 Å². The van der Waals surface area contributed by atoms with Gasteiger partial charge >= 0.3 is 5.97 Å². The number of likely N-dealkylation sites (N-methyl/N-ethyl adjacent to an activating group) is 1. The van der Waals surface area contributed by atoms with Crippen LogP contribution in [0.25, 0.3) is 0 Å². The number of hydrogen-bond acceptors (Lipinski definition) is 9. The molecule has 42 heavy (non-hydrogen) atoms. The van der Waals surface area contributed by atoms with Crippen molar-refractivity contribution in [3.8, 4) is 34.6 Å². The van der Waals surface area contributed by atoms with Gasteiger partial charge in [0.05, 0.1) is 30.3 Å². The van der Waals surface area contributed by atoms with Crippen LogP contribution in [-0.2, 0) is 4.79 Å². The molecule has 1 aliphatic carbocycles. The number of nitrogens with two attached hydrogens (primary N) is 1. The van der Waals surface area contributed by atoms with Crippen molar-refractivity contribution in [1.29, 1.82) is 5.41 Å². The molecular weight excluding hydrogens is 552 g/mol. The van der Waals surface area contributed by atoms with E-state index in [-0.39, 0.29) is 40.7 Å². The van der Waals surface area contributed by atoms with Crippen molar-refractivity contribution in [3.63, 3.8) is 0 Å². The van der Waals surface area contributed by atoms with Gasteiger partial charge in [-0.1, -0.05) is 0 Å². The highest BCUT2D eigenvalue weighted by atomic mass is 19.1. The summed E-state index contributed by atoms with van der Waals surface area (Å²) >= 11 is 0. The number of aliphatic carboxylic acids is 1. The normalized spacial score (nSPS) is 18.4. The molecule has 1 aromatic heterocycles. The number of rotatable bonds is 9. The maximum Gasteiger partial charge on any atom is 0.306 e. The number of halogens is 2. The van der Waals surface area contributed by atoms with Gasteiger partial charge < -0.3 is 35.1 Å². The molecule has 2 aromatic carbocycles. The van der Waals surface area contributed by atoms with E-state index in [1.165, 1.54) is 24.3 Å². The van der Waals surface area contributed by atoms with Crippen LogP contribution in [0.15, 0.2) is 47.6 Å². The van der Waals surface area contributed by atoms with Crippen LogP contribution in [0.3, 0.4) is 0 Å². The smallest absolute Gasteiger partial charge is 0.306 e. The molecule has 1 fully saturated rings. The molecule has 5 N–H and O–H groups in total. The van der Waals surface area contributed by atoms with Gasteiger partial charge in [0.15, 0.2) is 17.3 Å². The van der Waals surface area contributed by atoms with Crippen LogP contribution in [0.2, 0.25) is 0 Å². The van der Waals surface area contributed by atoms with Crippen molar-refractivity contribution in [2.75, 3.05) is 20.1 Å². The molecule has 5 rings (SSSR count). The second-order valence-corrected chi connectivity index (χ2v) is 10.1. The Morgan fingerprint density at radius 2 is 1.86 bits per heavy atom. The molecule has 0 radical (unpaired) electrons. The fourth-order valence-electron chi connectivity index (χ4n) is 4.86. The zero-order valence-electron chi connectivity index (χ0n) is 22.6. The molecule has 11 nitrogen and oxygen atoms in total. The van der Waals surface area contributed by atoms with Crippen LogP contribution < -0.4 is 19.9 Å². The molecule has 220 valence electrons. The minimum absolute atomic E-state index is 0.0980. The Hall–Kier alpha value is -4.94. The van der Waals surface area contributed by atoms with Crippen LogP contribution in [0.5, 0.6) is 34.6 Å². The van der Waals surface area contributed by atoms with E-state index in [1.54, 1.807) is 12.1 Å². The van der Waals surface area contributed by atoms with E-state index in [2.05, 4.69) is 9.98 Å². The van der Waals surface area contributed by atoms with E-state index in [0.29, 0.717) is 55.9 Å². The van der Waals surface area contributed by atoms with E-state index >= 15 is 4.39 Å². The summed E-state index contributed by atoms with van der Waals surface area (Å²) in [4.78, 5) is 21.3. The quantitative estimate of drug-likeness (QED) is 0.208. The highest BCUT2D eigenvalue weighted by Crippen LogP contribution is 2.39. The SMILES string of the molecule is CN1CCN=C1c1cc(OC2CCC(C(=O)O)CC2)ccc1Oc1c(F)cnc(Oc2cc(C(=N)N)ccc2O)c1F. The number of carbonyl (C=O) groups is 1. The third-order valence-electron chi connectivity index (χ3n) is 7.17. The maximum absolute atomic E-state index is 15.5. The number of aromatic nitrogens is 1. The standard InChI is InChI=1S/C29H29F2N5O6/c1-36-11-10-34-27(36)19-13-18(40-17-5-2-15(3-6-17)29(38)39)7-9-22(19)41-25-20(30)14-35-28(24(25)31)42-23-12-16(26(32)33)4-8-21(23)37/h4,7-9,12-15,17,37H,2-3,5-6,10-11H2,1H3,(H3,32,33)(H,38,39). The molecule has 2 heterocycles. The molecule has 3 aromatic rings. The highest BCUT2D eigenvalue weighted by molar-refractivity contribution is 6.02. The summed E-state index contributed by atoms with van der Waals surface area (Å²) in [6, 6.07) is 8.63. The number of aliphatic imine (C=N–C) groups is 1. The Labute approximate surface area is 239 Å². The fourth-order valence-corrected chi connectivity index (χ4v) is 4.86. The van der Waals surface area contributed by atoms with E-state index in [1.807, 2.05) is 11.9 Å². The zero-order chi connectivity index (χ0) is 30.0. The van der Waals surface area contributed by atoms with Crippen LogP contribution >= 0.6 is 0 Å². The Balaban J connectivity index is 1.43. The molecule has 1 aliphatic heterocycles. The number of carboxylic acids is 1. The van der Waals surface area contributed by atoms with Gasteiger partial charge in [-0.05, 0) is 62.1 Å². The summed E-state index contributed by atoms with van der Waals surface area (Å²) < 4.78 is 47.8. The largest absolute Gasteiger partial charge is 0.504 e. The lowest BCUT2D eigenvalue weighted by Gasteiger charge is -2.27. The number of nitrogens with zero attached hydrogens (tertiary/aromatic N) is 3.